The van der Waals surface area contributed by atoms with Crippen molar-refractivity contribution in [3.8, 4) is 0 Å². The first-order chi connectivity index (χ1) is 10.1. The Hall–Kier alpha value is -1.57. The molecule has 1 heterocycles. The second kappa shape index (κ2) is 5.67. The van der Waals surface area contributed by atoms with Crippen molar-refractivity contribution >= 4 is 12.0 Å². The summed E-state index contributed by atoms with van der Waals surface area (Å²) in [6.45, 7) is 6.12. The van der Waals surface area contributed by atoms with Crippen molar-refractivity contribution in [1.82, 2.24) is 4.90 Å². The number of hydrogen-bond donors (Lipinski definition) is 0. The zero-order chi connectivity index (χ0) is 14.9. The molecular weight excluding hydrogens is 258 g/mol. The highest BCUT2D eigenvalue weighted by molar-refractivity contribution is 5.77. The van der Waals surface area contributed by atoms with Crippen LogP contribution in [0.3, 0.4) is 0 Å². The molecule has 112 valence electrons. The van der Waals surface area contributed by atoms with E-state index in [1.165, 1.54) is 11.1 Å². The molecule has 1 spiro atoms. The van der Waals surface area contributed by atoms with Gasteiger partial charge in [0.1, 0.15) is 0 Å². The van der Waals surface area contributed by atoms with Gasteiger partial charge < -0.3 is 4.90 Å². The number of amides is 1. The molecule has 3 rings (SSSR count). The molecule has 0 radical (unpaired) electrons. The van der Waals surface area contributed by atoms with Crippen LogP contribution in [-0.2, 0) is 10.2 Å². The summed E-state index contributed by atoms with van der Waals surface area (Å²) in [5, 5.41) is 0. The lowest BCUT2D eigenvalue weighted by atomic mass is 9.74. The molecule has 2 heteroatoms. The molecule has 1 aliphatic carbocycles. The van der Waals surface area contributed by atoms with Crippen LogP contribution in [0.25, 0.3) is 6.08 Å². The maximum absolute atomic E-state index is 12.3. The molecular formula is C19H25NO. The molecule has 0 saturated carbocycles. The van der Waals surface area contributed by atoms with Crippen LogP contribution in [0.5, 0.6) is 0 Å². The number of nitrogens with zero attached hydrogens (tertiary/aromatic N) is 1. The molecule has 1 atom stereocenters. The number of benzene rings is 1. The Labute approximate surface area is 127 Å². The molecule has 21 heavy (non-hydrogen) atoms. The highest BCUT2D eigenvalue weighted by atomic mass is 16.2. The first-order valence-electron chi connectivity index (χ1n) is 8.21. The van der Waals surface area contributed by atoms with E-state index in [2.05, 4.69) is 55.2 Å². The molecule has 1 aromatic rings. The molecule has 1 saturated heterocycles. The third-order valence-corrected chi connectivity index (χ3v) is 5.31. The minimum absolute atomic E-state index is 0.184. The van der Waals surface area contributed by atoms with Crippen LogP contribution < -0.4 is 0 Å². The lowest BCUT2D eigenvalue weighted by Gasteiger charge is -2.39. The van der Waals surface area contributed by atoms with Crippen molar-refractivity contribution in [2.75, 3.05) is 13.1 Å². The third kappa shape index (κ3) is 2.64. The normalized spacial score (nSPS) is 20.6. The van der Waals surface area contributed by atoms with E-state index in [-0.39, 0.29) is 5.41 Å². The Balaban J connectivity index is 1.66. The van der Waals surface area contributed by atoms with Gasteiger partial charge in [-0.2, -0.15) is 0 Å². The number of fused-ring (bicyclic) bond motifs is 2. The summed E-state index contributed by atoms with van der Waals surface area (Å²) in [7, 11) is 0. The van der Waals surface area contributed by atoms with Crippen LogP contribution in [0.1, 0.15) is 50.7 Å². The van der Waals surface area contributed by atoms with Gasteiger partial charge in [-0.1, -0.05) is 56.7 Å². The van der Waals surface area contributed by atoms with Gasteiger partial charge in [-0.3, -0.25) is 4.79 Å². The highest BCUT2D eigenvalue weighted by Crippen LogP contribution is 2.43. The van der Waals surface area contributed by atoms with Crippen molar-refractivity contribution in [2.45, 2.75) is 44.9 Å². The predicted octanol–water partition coefficient (Wildman–Crippen LogP) is 4.01. The van der Waals surface area contributed by atoms with Crippen LogP contribution in [0, 0.1) is 5.92 Å². The molecule has 1 aliphatic heterocycles. The number of carbonyl (C=O) groups excluding carboxylic acids is 1. The smallest absolute Gasteiger partial charge is 0.222 e. The first-order valence-corrected chi connectivity index (χ1v) is 8.21. The number of likely N-dealkylation sites (tertiary alicyclic amines) is 1. The Morgan fingerprint density at radius 2 is 2.00 bits per heavy atom. The fraction of sp³-hybridized carbons (Fsp3) is 0.526. The van der Waals surface area contributed by atoms with Crippen molar-refractivity contribution < 1.29 is 4.79 Å². The average molecular weight is 283 g/mol. The van der Waals surface area contributed by atoms with E-state index in [9.17, 15) is 4.79 Å². The van der Waals surface area contributed by atoms with Crippen LogP contribution in [0.15, 0.2) is 30.3 Å². The minimum Gasteiger partial charge on any atom is -0.343 e. The van der Waals surface area contributed by atoms with E-state index in [0.29, 0.717) is 18.2 Å². The zero-order valence-electron chi connectivity index (χ0n) is 13.1. The second-order valence-corrected chi connectivity index (χ2v) is 6.68. The molecule has 1 amide bonds. The largest absolute Gasteiger partial charge is 0.343 e. The van der Waals surface area contributed by atoms with Gasteiger partial charge in [0.2, 0.25) is 5.91 Å². The Kier molecular flexibility index (Phi) is 3.88. The van der Waals surface area contributed by atoms with Gasteiger partial charge in [0, 0.05) is 24.9 Å². The fourth-order valence-corrected chi connectivity index (χ4v) is 3.60. The van der Waals surface area contributed by atoms with Crippen LogP contribution in [0.2, 0.25) is 0 Å². The number of rotatable bonds is 3. The zero-order valence-corrected chi connectivity index (χ0v) is 13.1. The van der Waals surface area contributed by atoms with Crippen LogP contribution in [0.4, 0.5) is 0 Å². The van der Waals surface area contributed by atoms with E-state index in [4.69, 9.17) is 0 Å². The van der Waals surface area contributed by atoms with Crippen molar-refractivity contribution in [3.05, 3.63) is 41.5 Å². The molecule has 0 unspecified atom stereocenters. The standard InChI is InChI=1S/C19H25NO/c1-3-15(2)14-18(21)20-12-10-19(11-13-20)9-8-16-6-4-5-7-17(16)19/h4-9,15H,3,10-14H2,1-2H3/t15-/m0/s1. The summed E-state index contributed by atoms with van der Waals surface area (Å²) >= 11 is 0. The minimum atomic E-state index is 0.184. The lowest BCUT2D eigenvalue weighted by molar-refractivity contribution is -0.133. The molecule has 1 fully saturated rings. The lowest BCUT2D eigenvalue weighted by Crippen LogP contribution is -2.44. The van der Waals surface area contributed by atoms with Gasteiger partial charge in [0.15, 0.2) is 0 Å². The van der Waals surface area contributed by atoms with Crippen molar-refractivity contribution in [3.63, 3.8) is 0 Å². The quantitative estimate of drug-likeness (QED) is 0.820. The maximum atomic E-state index is 12.3. The maximum Gasteiger partial charge on any atom is 0.222 e. The summed E-state index contributed by atoms with van der Waals surface area (Å²) in [5.74, 6) is 0.843. The van der Waals surface area contributed by atoms with Crippen LogP contribution >= 0.6 is 0 Å². The number of hydrogen-bond acceptors (Lipinski definition) is 1. The van der Waals surface area contributed by atoms with Gasteiger partial charge in [0.25, 0.3) is 0 Å². The monoisotopic (exact) mass is 283 g/mol. The fourth-order valence-electron chi connectivity index (χ4n) is 3.60. The highest BCUT2D eigenvalue weighted by Gasteiger charge is 2.38. The molecule has 2 nitrogen and oxygen atoms in total. The Morgan fingerprint density at radius 3 is 2.71 bits per heavy atom. The van der Waals surface area contributed by atoms with E-state index in [1.807, 2.05) is 0 Å². The summed E-state index contributed by atoms with van der Waals surface area (Å²) in [6, 6.07) is 8.69. The van der Waals surface area contributed by atoms with E-state index >= 15 is 0 Å². The van der Waals surface area contributed by atoms with Gasteiger partial charge in [-0.25, -0.2) is 0 Å². The SMILES string of the molecule is CC[C@H](C)CC(=O)N1CCC2(C=Cc3ccccc32)CC1. The molecule has 0 bridgehead atoms. The van der Waals surface area contributed by atoms with Crippen LogP contribution in [-0.4, -0.2) is 23.9 Å². The summed E-state index contributed by atoms with van der Waals surface area (Å²) in [5.41, 5.74) is 3.00. The summed E-state index contributed by atoms with van der Waals surface area (Å²) < 4.78 is 0. The molecule has 1 aromatic carbocycles. The Morgan fingerprint density at radius 1 is 1.29 bits per heavy atom. The van der Waals surface area contributed by atoms with E-state index in [1.54, 1.807) is 0 Å². The molecule has 0 aromatic heterocycles. The van der Waals surface area contributed by atoms with Gasteiger partial charge in [-0.15, -0.1) is 0 Å². The van der Waals surface area contributed by atoms with Crippen molar-refractivity contribution in [1.29, 1.82) is 0 Å². The number of carbonyl (C=O) groups is 1. The second-order valence-electron chi connectivity index (χ2n) is 6.68. The number of allylic oxidation sites excluding steroid dienone is 1. The first kappa shape index (κ1) is 14.4. The van der Waals surface area contributed by atoms with Crippen molar-refractivity contribution in [2.24, 2.45) is 5.92 Å². The summed E-state index contributed by atoms with van der Waals surface area (Å²) in [6.07, 6.45) is 8.54. The number of piperidine rings is 1. The van der Waals surface area contributed by atoms with Gasteiger partial charge in [0.05, 0.1) is 0 Å². The van der Waals surface area contributed by atoms with Gasteiger partial charge in [-0.05, 0) is 29.9 Å². The predicted molar refractivity (Wildman–Crippen MR) is 87.0 cm³/mol. The Bertz CT molecular complexity index is 552. The topological polar surface area (TPSA) is 20.3 Å². The third-order valence-electron chi connectivity index (χ3n) is 5.31. The molecule has 2 aliphatic rings. The van der Waals surface area contributed by atoms with Gasteiger partial charge >= 0.3 is 0 Å². The van der Waals surface area contributed by atoms with E-state index in [0.717, 1.165) is 32.4 Å². The summed E-state index contributed by atoms with van der Waals surface area (Å²) in [4.78, 5) is 14.4. The molecule has 0 N–H and O–H groups in total. The van der Waals surface area contributed by atoms with E-state index < -0.39 is 0 Å². The average Bonchev–Trinajstić information content (AvgIpc) is 2.87.